The van der Waals surface area contributed by atoms with Crippen LogP contribution in [0.3, 0.4) is 0 Å². The second-order valence-corrected chi connectivity index (χ2v) is 6.63. The van der Waals surface area contributed by atoms with Gasteiger partial charge in [0.1, 0.15) is 11.5 Å². The number of ether oxygens (including phenoxy) is 2. The Bertz CT molecular complexity index is 890. The third kappa shape index (κ3) is 3.56. The van der Waals surface area contributed by atoms with Crippen LogP contribution in [0.2, 0.25) is 0 Å². The number of fused-ring (bicyclic) bond motifs is 1. The molecule has 0 N–H and O–H groups in total. The Morgan fingerprint density at radius 1 is 1.11 bits per heavy atom. The van der Waals surface area contributed by atoms with E-state index >= 15 is 0 Å². The number of methoxy groups -OCH3 is 1. The van der Waals surface area contributed by atoms with E-state index in [0.717, 1.165) is 4.90 Å². The van der Waals surface area contributed by atoms with Crippen LogP contribution in [0, 0.1) is 5.92 Å². The summed E-state index contributed by atoms with van der Waals surface area (Å²) in [5.74, 6) is -0.858. The Morgan fingerprint density at radius 2 is 1.78 bits per heavy atom. The normalized spacial score (nSPS) is 16.6. The lowest BCUT2D eigenvalue weighted by Crippen LogP contribution is -2.47. The summed E-state index contributed by atoms with van der Waals surface area (Å²) in [4.78, 5) is 39.8. The quantitative estimate of drug-likeness (QED) is 0.600. The summed E-state index contributed by atoms with van der Waals surface area (Å²) in [7, 11) is 1.47. The van der Waals surface area contributed by atoms with Gasteiger partial charge in [-0.3, -0.25) is 19.3 Å². The lowest BCUT2D eigenvalue weighted by molar-refractivity contribution is -0.136. The monoisotopic (exact) mass is 367 g/mol. The lowest BCUT2D eigenvalue weighted by Gasteiger charge is -2.24. The molecule has 1 aliphatic rings. The first-order chi connectivity index (χ1) is 12.9. The number of benzene rings is 2. The van der Waals surface area contributed by atoms with Crippen molar-refractivity contribution in [2.45, 2.75) is 20.0 Å². The second kappa shape index (κ2) is 7.61. The average Bonchev–Trinajstić information content (AvgIpc) is 2.78. The van der Waals surface area contributed by atoms with Crippen molar-refractivity contribution in [3.05, 3.63) is 59.7 Å². The van der Waals surface area contributed by atoms with Gasteiger partial charge in [0, 0.05) is 0 Å². The zero-order chi connectivity index (χ0) is 19.6. The van der Waals surface area contributed by atoms with Crippen LogP contribution in [-0.2, 0) is 4.79 Å². The van der Waals surface area contributed by atoms with Crippen LogP contribution < -0.4 is 9.47 Å². The number of para-hydroxylation sites is 2. The summed E-state index contributed by atoms with van der Waals surface area (Å²) >= 11 is 0. The fraction of sp³-hybridized carbons (Fsp3) is 0.286. The van der Waals surface area contributed by atoms with Crippen LogP contribution in [-0.4, -0.2) is 42.3 Å². The summed E-state index contributed by atoms with van der Waals surface area (Å²) in [6.45, 7) is 3.29. The standard InChI is InChI=1S/C21H21NO5/c1-13(2)19-21(25)22(20(24)15-9-5-7-11-18(15)27-19)12-16(23)14-8-4-6-10-17(14)26-3/h4-11,13,19H,12H2,1-3H3/t19-/m0/s1. The highest BCUT2D eigenvalue weighted by Crippen LogP contribution is 2.28. The highest BCUT2D eigenvalue weighted by atomic mass is 16.5. The molecule has 0 saturated heterocycles. The number of nitrogens with zero attached hydrogens (tertiary/aromatic N) is 1. The van der Waals surface area contributed by atoms with Gasteiger partial charge >= 0.3 is 0 Å². The Morgan fingerprint density at radius 3 is 2.48 bits per heavy atom. The Balaban J connectivity index is 1.98. The molecule has 27 heavy (non-hydrogen) atoms. The van der Waals surface area contributed by atoms with E-state index in [2.05, 4.69) is 0 Å². The first-order valence-electron chi connectivity index (χ1n) is 8.71. The van der Waals surface area contributed by atoms with E-state index in [1.165, 1.54) is 7.11 Å². The molecule has 0 spiro atoms. The van der Waals surface area contributed by atoms with Crippen molar-refractivity contribution >= 4 is 17.6 Å². The number of imide groups is 1. The van der Waals surface area contributed by atoms with Crippen molar-refractivity contribution in [3.63, 3.8) is 0 Å². The Hall–Kier alpha value is -3.15. The van der Waals surface area contributed by atoms with E-state index in [9.17, 15) is 14.4 Å². The number of carbonyl (C=O) groups is 3. The number of hydrogen-bond donors (Lipinski definition) is 0. The zero-order valence-corrected chi connectivity index (χ0v) is 15.5. The van der Waals surface area contributed by atoms with Crippen LogP contribution in [0.15, 0.2) is 48.5 Å². The predicted molar refractivity (Wildman–Crippen MR) is 99.1 cm³/mol. The first kappa shape index (κ1) is 18.6. The van der Waals surface area contributed by atoms with E-state index in [-0.39, 0.29) is 23.8 Å². The highest BCUT2D eigenvalue weighted by Gasteiger charge is 2.39. The van der Waals surface area contributed by atoms with Crippen LogP contribution >= 0.6 is 0 Å². The number of hydrogen-bond acceptors (Lipinski definition) is 5. The fourth-order valence-electron chi connectivity index (χ4n) is 3.01. The second-order valence-electron chi connectivity index (χ2n) is 6.63. The number of rotatable bonds is 5. The minimum atomic E-state index is -0.844. The van der Waals surface area contributed by atoms with E-state index in [0.29, 0.717) is 17.1 Å². The van der Waals surface area contributed by atoms with E-state index in [1.807, 2.05) is 13.8 Å². The van der Waals surface area contributed by atoms with Crippen LogP contribution in [0.1, 0.15) is 34.6 Å². The molecular formula is C21H21NO5. The van der Waals surface area contributed by atoms with Gasteiger partial charge in [-0.15, -0.1) is 0 Å². The molecule has 1 heterocycles. The molecule has 3 rings (SSSR count). The summed E-state index contributed by atoms with van der Waals surface area (Å²) in [5.41, 5.74) is 0.585. The molecule has 0 radical (unpaired) electrons. The van der Waals surface area contributed by atoms with Crippen molar-refractivity contribution in [1.29, 1.82) is 0 Å². The molecule has 0 bridgehead atoms. The number of ketones is 1. The van der Waals surface area contributed by atoms with Gasteiger partial charge in [0.05, 0.1) is 24.8 Å². The molecule has 6 heteroatoms. The van der Waals surface area contributed by atoms with Gasteiger partial charge in [0.2, 0.25) is 0 Å². The van der Waals surface area contributed by atoms with E-state index < -0.39 is 17.9 Å². The number of amides is 2. The molecule has 2 amide bonds. The number of Topliss-reactive ketones (excluding diaryl/α,β-unsaturated/α-hetero) is 1. The Kier molecular flexibility index (Phi) is 5.26. The largest absolute Gasteiger partial charge is 0.496 e. The van der Waals surface area contributed by atoms with Crippen molar-refractivity contribution in [1.82, 2.24) is 4.90 Å². The third-order valence-corrected chi connectivity index (χ3v) is 4.44. The van der Waals surface area contributed by atoms with Gasteiger partial charge in [0.25, 0.3) is 11.8 Å². The third-order valence-electron chi connectivity index (χ3n) is 4.44. The van der Waals surface area contributed by atoms with Gasteiger partial charge in [-0.1, -0.05) is 38.1 Å². The predicted octanol–water partition coefficient (Wildman–Crippen LogP) is 2.96. The summed E-state index contributed by atoms with van der Waals surface area (Å²) < 4.78 is 11.0. The molecule has 0 unspecified atom stereocenters. The SMILES string of the molecule is COc1ccccc1C(=O)CN1C(=O)c2ccccc2O[C@@H](C(C)C)C1=O. The fourth-order valence-corrected chi connectivity index (χ4v) is 3.01. The maximum Gasteiger partial charge on any atom is 0.271 e. The summed E-state index contributed by atoms with van der Waals surface area (Å²) in [6, 6.07) is 13.4. The molecule has 2 aromatic rings. The van der Waals surface area contributed by atoms with Crippen molar-refractivity contribution in [2.75, 3.05) is 13.7 Å². The molecule has 1 atom stereocenters. The van der Waals surface area contributed by atoms with Gasteiger partial charge in [0.15, 0.2) is 11.9 Å². The summed E-state index contributed by atoms with van der Waals surface area (Å²) in [6.07, 6.45) is -0.844. The molecule has 0 saturated carbocycles. The topological polar surface area (TPSA) is 72.9 Å². The molecule has 2 aromatic carbocycles. The highest BCUT2D eigenvalue weighted by molar-refractivity contribution is 6.12. The molecule has 1 aliphatic heterocycles. The van der Waals surface area contributed by atoms with Gasteiger partial charge < -0.3 is 9.47 Å². The Labute approximate surface area is 157 Å². The zero-order valence-electron chi connectivity index (χ0n) is 15.5. The average molecular weight is 367 g/mol. The molecular weight excluding hydrogens is 346 g/mol. The maximum atomic E-state index is 13.0. The van der Waals surface area contributed by atoms with Crippen LogP contribution in [0.4, 0.5) is 0 Å². The maximum absolute atomic E-state index is 13.0. The molecule has 0 fully saturated rings. The summed E-state index contributed by atoms with van der Waals surface area (Å²) in [5, 5.41) is 0. The van der Waals surface area contributed by atoms with Crippen LogP contribution in [0.5, 0.6) is 11.5 Å². The number of carbonyl (C=O) groups excluding carboxylic acids is 3. The minimum Gasteiger partial charge on any atom is -0.496 e. The first-order valence-corrected chi connectivity index (χ1v) is 8.71. The van der Waals surface area contributed by atoms with Gasteiger partial charge in [-0.05, 0) is 30.2 Å². The molecule has 0 aromatic heterocycles. The minimum absolute atomic E-state index is 0.166. The van der Waals surface area contributed by atoms with E-state index in [1.54, 1.807) is 48.5 Å². The van der Waals surface area contributed by atoms with E-state index in [4.69, 9.17) is 9.47 Å². The van der Waals surface area contributed by atoms with Gasteiger partial charge in [-0.25, -0.2) is 0 Å². The molecule has 6 nitrogen and oxygen atoms in total. The van der Waals surface area contributed by atoms with Crippen molar-refractivity contribution in [2.24, 2.45) is 5.92 Å². The molecule has 140 valence electrons. The van der Waals surface area contributed by atoms with Crippen LogP contribution in [0.25, 0.3) is 0 Å². The lowest BCUT2D eigenvalue weighted by atomic mass is 10.0. The smallest absolute Gasteiger partial charge is 0.271 e. The van der Waals surface area contributed by atoms with Gasteiger partial charge in [-0.2, -0.15) is 0 Å². The van der Waals surface area contributed by atoms with Crippen molar-refractivity contribution < 1.29 is 23.9 Å². The van der Waals surface area contributed by atoms with Crippen molar-refractivity contribution in [3.8, 4) is 11.5 Å². The molecule has 0 aliphatic carbocycles.